The Bertz CT molecular complexity index is 965. The van der Waals surface area contributed by atoms with Gasteiger partial charge in [0, 0.05) is 11.7 Å². The predicted octanol–water partition coefficient (Wildman–Crippen LogP) is 4.38. The second-order valence-corrected chi connectivity index (χ2v) is 7.78. The number of amides is 1. The molecule has 0 bridgehead atoms. The SMILES string of the molecule is CCCC(C)NC(=O)CSc1nnc(COc2ccccc2F)n1-c1ccccc1. The van der Waals surface area contributed by atoms with Gasteiger partial charge in [-0.1, -0.05) is 55.4 Å². The quantitative estimate of drug-likeness (QED) is 0.485. The van der Waals surface area contributed by atoms with E-state index >= 15 is 0 Å². The van der Waals surface area contributed by atoms with E-state index in [1.165, 1.54) is 17.8 Å². The van der Waals surface area contributed by atoms with Crippen LogP contribution < -0.4 is 10.1 Å². The number of para-hydroxylation sites is 2. The van der Waals surface area contributed by atoms with Crippen LogP contribution in [0.4, 0.5) is 4.39 Å². The number of hydrogen-bond acceptors (Lipinski definition) is 5. The Balaban J connectivity index is 1.75. The fourth-order valence-corrected chi connectivity index (χ4v) is 3.76. The standard InChI is InChI=1S/C22H25FN4O2S/c1-3-9-16(2)24-21(28)15-30-22-26-25-20(27(22)17-10-5-4-6-11-17)14-29-19-13-8-7-12-18(19)23/h4-8,10-13,16H,3,9,14-15H2,1-2H3,(H,24,28). The average Bonchev–Trinajstić information content (AvgIpc) is 3.15. The van der Waals surface area contributed by atoms with Crippen molar-refractivity contribution in [2.24, 2.45) is 0 Å². The summed E-state index contributed by atoms with van der Waals surface area (Å²) in [4.78, 5) is 12.2. The van der Waals surface area contributed by atoms with Crippen molar-refractivity contribution >= 4 is 17.7 Å². The Labute approximate surface area is 179 Å². The van der Waals surface area contributed by atoms with Gasteiger partial charge in [-0.2, -0.15) is 0 Å². The lowest BCUT2D eigenvalue weighted by Crippen LogP contribution is -2.33. The number of nitrogens with one attached hydrogen (secondary N) is 1. The smallest absolute Gasteiger partial charge is 0.230 e. The van der Waals surface area contributed by atoms with Crippen molar-refractivity contribution in [1.82, 2.24) is 20.1 Å². The lowest BCUT2D eigenvalue weighted by Gasteiger charge is -2.13. The Morgan fingerprint density at radius 3 is 2.63 bits per heavy atom. The first kappa shape index (κ1) is 21.8. The number of rotatable bonds is 10. The minimum Gasteiger partial charge on any atom is -0.483 e. The van der Waals surface area contributed by atoms with Gasteiger partial charge in [-0.3, -0.25) is 9.36 Å². The highest BCUT2D eigenvalue weighted by molar-refractivity contribution is 7.99. The first-order valence-electron chi connectivity index (χ1n) is 9.87. The molecule has 30 heavy (non-hydrogen) atoms. The zero-order valence-corrected chi connectivity index (χ0v) is 17.9. The van der Waals surface area contributed by atoms with Crippen LogP contribution in [0.1, 0.15) is 32.5 Å². The van der Waals surface area contributed by atoms with Crippen LogP contribution >= 0.6 is 11.8 Å². The van der Waals surface area contributed by atoms with Crippen molar-refractivity contribution in [2.75, 3.05) is 5.75 Å². The zero-order valence-electron chi connectivity index (χ0n) is 17.0. The predicted molar refractivity (Wildman–Crippen MR) is 115 cm³/mol. The summed E-state index contributed by atoms with van der Waals surface area (Å²) in [5.74, 6) is 0.418. The van der Waals surface area contributed by atoms with Gasteiger partial charge in [0.15, 0.2) is 22.5 Å². The highest BCUT2D eigenvalue weighted by Crippen LogP contribution is 2.23. The van der Waals surface area contributed by atoms with E-state index in [1.54, 1.807) is 18.2 Å². The van der Waals surface area contributed by atoms with Crippen LogP contribution in [0.25, 0.3) is 5.69 Å². The zero-order chi connectivity index (χ0) is 21.3. The van der Waals surface area contributed by atoms with Gasteiger partial charge in [-0.05, 0) is 37.6 Å². The highest BCUT2D eigenvalue weighted by Gasteiger charge is 2.17. The number of hydrogen-bond donors (Lipinski definition) is 1. The van der Waals surface area contributed by atoms with Crippen LogP contribution in [-0.4, -0.2) is 32.5 Å². The maximum absolute atomic E-state index is 13.9. The maximum Gasteiger partial charge on any atom is 0.230 e. The number of benzene rings is 2. The summed E-state index contributed by atoms with van der Waals surface area (Å²) in [6.07, 6.45) is 1.95. The Kier molecular flexibility index (Phi) is 7.84. The second kappa shape index (κ2) is 10.8. The van der Waals surface area contributed by atoms with Crippen molar-refractivity contribution in [3.05, 3.63) is 66.2 Å². The van der Waals surface area contributed by atoms with Crippen molar-refractivity contribution in [3.63, 3.8) is 0 Å². The summed E-state index contributed by atoms with van der Waals surface area (Å²) >= 11 is 1.30. The normalized spacial score (nSPS) is 11.8. The maximum atomic E-state index is 13.9. The molecule has 0 saturated carbocycles. The van der Waals surface area contributed by atoms with Gasteiger partial charge in [-0.25, -0.2) is 4.39 Å². The van der Waals surface area contributed by atoms with Crippen LogP contribution in [0.5, 0.6) is 5.75 Å². The molecule has 0 spiro atoms. The molecule has 1 atom stereocenters. The first-order valence-corrected chi connectivity index (χ1v) is 10.9. The molecule has 0 aliphatic heterocycles. The van der Waals surface area contributed by atoms with Crippen LogP contribution in [0, 0.1) is 5.82 Å². The first-order chi connectivity index (χ1) is 14.6. The molecular weight excluding hydrogens is 403 g/mol. The average molecular weight is 429 g/mol. The Hall–Kier alpha value is -2.87. The van der Waals surface area contributed by atoms with Gasteiger partial charge in [-0.15, -0.1) is 10.2 Å². The molecule has 0 saturated heterocycles. The molecule has 158 valence electrons. The van der Waals surface area contributed by atoms with E-state index < -0.39 is 5.82 Å². The second-order valence-electron chi connectivity index (χ2n) is 6.83. The third kappa shape index (κ3) is 5.82. The summed E-state index contributed by atoms with van der Waals surface area (Å²) in [6.45, 7) is 4.13. The highest BCUT2D eigenvalue weighted by atomic mass is 32.2. The molecule has 0 radical (unpaired) electrons. The molecule has 0 fully saturated rings. The van der Waals surface area contributed by atoms with Gasteiger partial charge >= 0.3 is 0 Å². The van der Waals surface area contributed by atoms with E-state index in [0.717, 1.165) is 18.5 Å². The summed E-state index contributed by atoms with van der Waals surface area (Å²) in [5.41, 5.74) is 0.844. The van der Waals surface area contributed by atoms with Crippen molar-refractivity contribution in [2.45, 2.75) is 44.5 Å². The van der Waals surface area contributed by atoms with E-state index in [9.17, 15) is 9.18 Å². The fourth-order valence-electron chi connectivity index (χ4n) is 2.98. The van der Waals surface area contributed by atoms with E-state index in [2.05, 4.69) is 22.4 Å². The number of carbonyl (C=O) groups is 1. The molecule has 1 aromatic heterocycles. The number of nitrogens with zero attached hydrogens (tertiary/aromatic N) is 3. The van der Waals surface area contributed by atoms with Crippen molar-refractivity contribution in [1.29, 1.82) is 0 Å². The lowest BCUT2D eigenvalue weighted by molar-refractivity contribution is -0.119. The number of halogens is 1. The molecule has 6 nitrogen and oxygen atoms in total. The van der Waals surface area contributed by atoms with Crippen LogP contribution in [0.3, 0.4) is 0 Å². The molecule has 1 N–H and O–H groups in total. The van der Waals surface area contributed by atoms with E-state index in [4.69, 9.17) is 4.74 Å². The number of carbonyl (C=O) groups excluding carboxylic acids is 1. The van der Waals surface area contributed by atoms with E-state index in [1.807, 2.05) is 41.8 Å². The molecule has 2 aromatic carbocycles. The molecule has 8 heteroatoms. The molecule has 0 aliphatic carbocycles. The molecule has 3 aromatic rings. The molecule has 1 amide bonds. The summed E-state index contributed by atoms with van der Waals surface area (Å²) in [5, 5.41) is 12.0. The van der Waals surface area contributed by atoms with Crippen molar-refractivity contribution in [3.8, 4) is 11.4 Å². The largest absolute Gasteiger partial charge is 0.483 e. The number of aromatic nitrogens is 3. The molecule has 0 aliphatic rings. The van der Waals surface area contributed by atoms with Crippen molar-refractivity contribution < 1.29 is 13.9 Å². The summed E-state index contributed by atoms with van der Waals surface area (Å²) < 4.78 is 21.3. The minimum absolute atomic E-state index is 0.0448. The van der Waals surface area contributed by atoms with Gasteiger partial charge in [0.25, 0.3) is 0 Å². The topological polar surface area (TPSA) is 69.0 Å². The van der Waals surface area contributed by atoms with Crippen LogP contribution in [0.15, 0.2) is 59.8 Å². The molecular formula is C22H25FN4O2S. The van der Waals surface area contributed by atoms with Gasteiger partial charge in [0.05, 0.1) is 5.75 Å². The van der Waals surface area contributed by atoms with E-state index in [0.29, 0.717) is 11.0 Å². The minimum atomic E-state index is -0.434. The number of ether oxygens (including phenoxy) is 1. The Morgan fingerprint density at radius 1 is 1.17 bits per heavy atom. The third-order valence-electron chi connectivity index (χ3n) is 4.37. The van der Waals surface area contributed by atoms with Gasteiger partial charge in [0.2, 0.25) is 5.91 Å². The Morgan fingerprint density at radius 2 is 1.90 bits per heavy atom. The van der Waals surface area contributed by atoms with E-state index in [-0.39, 0.29) is 30.1 Å². The van der Waals surface area contributed by atoms with Crippen LogP contribution in [-0.2, 0) is 11.4 Å². The fraction of sp³-hybridized carbons (Fsp3) is 0.318. The molecule has 1 heterocycles. The lowest BCUT2D eigenvalue weighted by atomic mass is 10.2. The molecule has 1 unspecified atom stereocenters. The van der Waals surface area contributed by atoms with Gasteiger partial charge < -0.3 is 10.1 Å². The number of thioether (sulfide) groups is 1. The monoisotopic (exact) mass is 428 g/mol. The third-order valence-corrected chi connectivity index (χ3v) is 5.30. The molecule has 3 rings (SSSR count). The summed E-state index contributed by atoms with van der Waals surface area (Å²) in [7, 11) is 0. The summed E-state index contributed by atoms with van der Waals surface area (Å²) in [6, 6.07) is 15.9. The van der Waals surface area contributed by atoms with Crippen LogP contribution in [0.2, 0.25) is 0 Å². The van der Waals surface area contributed by atoms with Gasteiger partial charge in [0.1, 0.15) is 6.61 Å².